The molecule has 2 nitrogen and oxygen atoms in total. The average molecular weight is 228 g/mol. The summed E-state index contributed by atoms with van der Waals surface area (Å²) in [6.45, 7) is 2.59. The van der Waals surface area contributed by atoms with Gasteiger partial charge in [0.1, 0.15) is 6.61 Å². The van der Waals surface area contributed by atoms with Gasteiger partial charge < -0.3 is 9.47 Å². The third-order valence-corrected chi connectivity index (χ3v) is 2.56. The monoisotopic (exact) mass is 228 g/mol. The van der Waals surface area contributed by atoms with Crippen LogP contribution in [0.5, 0.6) is 11.5 Å². The van der Waals surface area contributed by atoms with Gasteiger partial charge in [-0.15, -0.1) is 0 Å². The van der Waals surface area contributed by atoms with Gasteiger partial charge >= 0.3 is 0 Å². The van der Waals surface area contributed by atoms with Crippen LogP contribution in [-0.2, 0) is 6.61 Å². The van der Waals surface area contributed by atoms with Crippen molar-refractivity contribution < 1.29 is 9.47 Å². The summed E-state index contributed by atoms with van der Waals surface area (Å²) < 4.78 is 11.0. The number of rotatable bonds is 4. The highest BCUT2D eigenvalue weighted by atomic mass is 16.5. The largest absolute Gasteiger partial charge is 0.493 e. The lowest BCUT2D eigenvalue weighted by molar-refractivity contribution is 0.284. The molecule has 0 bridgehead atoms. The SMILES string of the molecule is COc1ccc(C)cc1OCc1ccccc1. The van der Waals surface area contributed by atoms with Gasteiger partial charge in [-0.2, -0.15) is 0 Å². The zero-order chi connectivity index (χ0) is 12.1. The van der Waals surface area contributed by atoms with Gasteiger partial charge in [0, 0.05) is 0 Å². The van der Waals surface area contributed by atoms with Crippen molar-refractivity contribution in [1.82, 2.24) is 0 Å². The Hall–Kier alpha value is -1.96. The molecule has 2 aromatic rings. The third kappa shape index (κ3) is 3.00. The Morgan fingerprint density at radius 1 is 0.941 bits per heavy atom. The Labute approximate surface area is 102 Å². The lowest BCUT2D eigenvalue weighted by Crippen LogP contribution is -1.97. The van der Waals surface area contributed by atoms with Crippen LogP contribution in [0.1, 0.15) is 11.1 Å². The molecule has 17 heavy (non-hydrogen) atoms. The van der Waals surface area contributed by atoms with Crippen LogP contribution in [0.2, 0.25) is 0 Å². The molecule has 0 aromatic heterocycles. The van der Waals surface area contributed by atoms with E-state index in [0.29, 0.717) is 6.61 Å². The van der Waals surface area contributed by atoms with Crippen molar-refractivity contribution in [3.05, 3.63) is 59.7 Å². The van der Waals surface area contributed by atoms with Crippen molar-refractivity contribution >= 4 is 0 Å². The highest BCUT2D eigenvalue weighted by Gasteiger charge is 2.04. The molecule has 0 unspecified atom stereocenters. The van der Waals surface area contributed by atoms with E-state index in [4.69, 9.17) is 9.47 Å². The number of aryl methyl sites for hydroxylation is 1. The number of benzene rings is 2. The second kappa shape index (κ2) is 5.39. The first-order valence-electron chi connectivity index (χ1n) is 5.61. The fourth-order valence-corrected chi connectivity index (χ4v) is 1.63. The van der Waals surface area contributed by atoms with Crippen LogP contribution in [0.25, 0.3) is 0 Å². The molecule has 0 aliphatic rings. The smallest absolute Gasteiger partial charge is 0.161 e. The third-order valence-electron chi connectivity index (χ3n) is 2.56. The van der Waals surface area contributed by atoms with Gasteiger partial charge in [0.25, 0.3) is 0 Å². The van der Waals surface area contributed by atoms with Gasteiger partial charge in [0.15, 0.2) is 11.5 Å². The van der Waals surface area contributed by atoms with Crippen LogP contribution in [0.4, 0.5) is 0 Å². The van der Waals surface area contributed by atoms with Crippen LogP contribution in [0.3, 0.4) is 0 Å². The lowest BCUT2D eigenvalue weighted by Gasteiger charge is -2.11. The predicted molar refractivity (Wildman–Crippen MR) is 68.5 cm³/mol. The van der Waals surface area contributed by atoms with E-state index in [0.717, 1.165) is 22.6 Å². The molecule has 2 aromatic carbocycles. The Kier molecular flexibility index (Phi) is 3.66. The quantitative estimate of drug-likeness (QED) is 0.796. The van der Waals surface area contributed by atoms with Crippen molar-refractivity contribution in [3.8, 4) is 11.5 Å². The first-order chi connectivity index (χ1) is 8.29. The molecule has 0 amide bonds. The highest BCUT2D eigenvalue weighted by Crippen LogP contribution is 2.28. The molecule has 0 fully saturated rings. The minimum absolute atomic E-state index is 0.556. The Morgan fingerprint density at radius 3 is 2.41 bits per heavy atom. The zero-order valence-electron chi connectivity index (χ0n) is 10.1. The molecule has 88 valence electrons. The van der Waals surface area contributed by atoms with E-state index < -0.39 is 0 Å². The summed E-state index contributed by atoms with van der Waals surface area (Å²) in [6.07, 6.45) is 0. The molecule has 0 spiro atoms. The zero-order valence-corrected chi connectivity index (χ0v) is 10.1. The van der Waals surface area contributed by atoms with E-state index >= 15 is 0 Å². The molecular weight excluding hydrogens is 212 g/mol. The van der Waals surface area contributed by atoms with Crippen molar-refractivity contribution in [1.29, 1.82) is 0 Å². The topological polar surface area (TPSA) is 18.5 Å². The number of hydrogen-bond donors (Lipinski definition) is 0. The maximum absolute atomic E-state index is 5.77. The first kappa shape index (κ1) is 11.5. The van der Waals surface area contributed by atoms with E-state index in [1.807, 2.05) is 55.5 Å². The Balaban J connectivity index is 2.11. The van der Waals surface area contributed by atoms with E-state index in [2.05, 4.69) is 0 Å². The maximum atomic E-state index is 5.77. The van der Waals surface area contributed by atoms with Gasteiger partial charge in [0.2, 0.25) is 0 Å². The Morgan fingerprint density at radius 2 is 1.71 bits per heavy atom. The summed E-state index contributed by atoms with van der Waals surface area (Å²) in [5.41, 5.74) is 2.31. The highest BCUT2D eigenvalue weighted by molar-refractivity contribution is 5.42. The van der Waals surface area contributed by atoms with Gasteiger partial charge in [-0.05, 0) is 30.2 Å². The van der Waals surface area contributed by atoms with Crippen molar-refractivity contribution in [2.24, 2.45) is 0 Å². The van der Waals surface area contributed by atoms with Crippen LogP contribution in [0, 0.1) is 6.92 Å². The molecule has 0 radical (unpaired) electrons. The summed E-state index contributed by atoms with van der Waals surface area (Å²) in [6, 6.07) is 16.0. The molecule has 2 rings (SSSR count). The van der Waals surface area contributed by atoms with Gasteiger partial charge in [-0.25, -0.2) is 0 Å². The molecule has 0 aliphatic heterocycles. The van der Waals surface area contributed by atoms with Crippen molar-refractivity contribution in [2.75, 3.05) is 7.11 Å². The summed E-state index contributed by atoms with van der Waals surface area (Å²) in [5, 5.41) is 0. The van der Waals surface area contributed by atoms with E-state index in [9.17, 15) is 0 Å². The molecule has 0 saturated carbocycles. The van der Waals surface area contributed by atoms with Crippen LogP contribution in [0.15, 0.2) is 48.5 Å². The maximum Gasteiger partial charge on any atom is 0.161 e. The fraction of sp³-hybridized carbons (Fsp3) is 0.200. The molecule has 0 heterocycles. The second-order valence-corrected chi connectivity index (χ2v) is 3.93. The van der Waals surface area contributed by atoms with Crippen molar-refractivity contribution in [2.45, 2.75) is 13.5 Å². The van der Waals surface area contributed by atoms with Crippen LogP contribution >= 0.6 is 0 Å². The van der Waals surface area contributed by atoms with E-state index in [1.165, 1.54) is 0 Å². The van der Waals surface area contributed by atoms with Crippen LogP contribution in [-0.4, -0.2) is 7.11 Å². The van der Waals surface area contributed by atoms with Crippen LogP contribution < -0.4 is 9.47 Å². The molecular formula is C15H16O2. The normalized spacial score (nSPS) is 10.0. The van der Waals surface area contributed by atoms with E-state index in [1.54, 1.807) is 7.11 Å². The van der Waals surface area contributed by atoms with Crippen molar-refractivity contribution in [3.63, 3.8) is 0 Å². The molecule has 0 atom stereocenters. The first-order valence-corrected chi connectivity index (χ1v) is 5.61. The van der Waals surface area contributed by atoms with Gasteiger partial charge in [-0.1, -0.05) is 36.4 Å². The number of ether oxygens (including phenoxy) is 2. The predicted octanol–water partition coefficient (Wildman–Crippen LogP) is 3.58. The standard InChI is InChI=1S/C15H16O2/c1-12-8-9-14(16-2)15(10-12)17-11-13-6-4-3-5-7-13/h3-10H,11H2,1-2H3. The second-order valence-electron chi connectivity index (χ2n) is 3.93. The molecule has 0 N–H and O–H groups in total. The molecule has 0 aliphatic carbocycles. The fourth-order valence-electron chi connectivity index (χ4n) is 1.63. The minimum atomic E-state index is 0.556. The van der Waals surface area contributed by atoms with Gasteiger partial charge in [0.05, 0.1) is 7.11 Å². The van der Waals surface area contributed by atoms with Gasteiger partial charge in [-0.3, -0.25) is 0 Å². The van der Waals surface area contributed by atoms with E-state index in [-0.39, 0.29) is 0 Å². The lowest BCUT2D eigenvalue weighted by atomic mass is 10.2. The Bertz CT molecular complexity index is 478. The summed E-state index contributed by atoms with van der Waals surface area (Å²) in [7, 11) is 1.65. The minimum Gasteiger partial charge on any atom is -0.493 e. The number of hydrogen-bond acceptors (Lipinski definition) is 2. The average Bonchev–Trinajstić information content (AvgIpc) is 2.38. The summed E-state index contributed by atoms with van der Waals surface area (Å²) in [4.78, 5) is 0. The summed E-state index contributed by atoms with van der Waals surface area (Å²) >= 11 is 0. The number of methoxy groups -OCH3 is 1. The molecule has 2 heteroatoms. The summed E-state index contributed by atoms with van der Waals surface area (Å²) in [5.74, 6) is 1.56. The molecule has 0 saturated heterocycles.